The monoisotopic (exact) mass is 308 g/mol. The maximum Gasteiger partial charge on any atom is 0.254 e. The number of amides is 1. The van der Waals surface area contributed by atoms with Crippen LogP contribution in [0.4, 0.5) is 0 Å². The Bertz CT molecular complexity index is 666. The lowest BCUT2D eigenvalue weighted by molar-refractivity contribution is 0.0644. The summed E-state index contributed by atoms with van der Waals surface area (Å²) in [7, 11) is 0. The fourth-order valence-corrected chi connectivity index (χ4v) is 2.95. The van der Waals surface area contributed by atoms with Crippen LogP contribution in [-0.2, 0) is 6.54 Å². The second-order valence-corrected chi connectivity index (χ2v) is 5.74. The van der Waals surface area contributed by atoms with E-state index in [4.69, 9.17) is 23.2 Å². The van der Waals surface area contributed by atoms with E-state index in [-0.39, 0.29) is 11.9 Å². The molecule has 0 fully saturated rings. The average molecular weight is 309 g/mol. The summed E-state index contributed by atoms with van der Waals surface area (Å²) in [5.41, 5.74) is 1.73. The summed E-state index contributed by atoms with van der Waals surface area (Å²) in [6.45, 7) is 3.56. The molecule has 1 aromatic heterocycles. The smallest absolute Gasteiger partial charge is 0.254 e. The van der Waals surface area contributed by atoms with Crippen LogP contribution < -0.4 is 0 Å². The van der Waals surface area contributed by atoms with E-state index in [1.165, 1.54) is 0 Å². The summed E-state index contributed by atoms with van der Waals surface area (Å²) >= 11 is 11.9. The van der Waals surface area contributed by atoms with Crippen LogP contribution >= 0.6 is 23.2 Å². The molecule has 1 atom stereocenters. The molecule has 0 N–H and O–H groups in total. The van der Waals surface area contributed by atoms with Crippen LogP contribution in [0, 0.1) is 0 Å². The van der Waals surface area contributed by atoms with Crippen LogP contribution in [0.1, 0.15) is 29.0 Å². The summed E-state index contributed by atoms with van der Waals surface area (Å²) in [4.78, 5) is 14.5. The largest absolute Gasteiger partial charge is 0.348 e. The number of aromatic nitrogens is 1. The number of halogens is 2. The number of carbonyl (C=O) groups is 1. The Balaban J connectivity index is 1.90. The molecule has 2 aromatic rings. The second-order valence-electron chi connectivity index (χ2n) is 4.93. The Labute approximate surface area is 127 Å². The fourth-order valence-electron chi connectivity index (χ4n) is 2.65. The Morgan fingerprint density at radius 2 is 2.00 bits per heavy atom. The SMILES string of the molecule is CC1c2cccn2CCN1C(=O)c1ccc(Cl)c(Cl)c1. The number of hydrogen-bond donors (Lipinski definition) is 0. The van der Waals surface area contributed by atoms with Crippen molar-refractivity contribution in [2.24, 2.45) is 0 Å². The Morgan fingerprint density at radius 3 is 2.75 bits per heavy atom. The van der Waals surface area contributed by atoms with Gasteiger partial charge in [0.25, 0.3) is 5.91 Å². The third-order valence-corrected chi connectivity index (χ3v) is 4.51. The van der Waals surface area contributed by atoms with E-state index in [2.05, 4.69) is 10.6 Å². The number of rotatable bonds is 1. The van der Waals surface area contributed by atoms with Crippen molar-refractivity contribution >= 4 is 29.1 Å². The molecule has 0 aliphatic carbocycles. The summed E-state index contributed by atoms with van der Waals surface area (Å²) in [6.07, 6.45) is 2.05. The zero-order valence-electron chi connectivity index (χ0n) is 11.0. The van der Waals surface area contributed by atoms with Crippen LogP contribution in [0.3, 0.4) is 0 Å². The molecule has 2 heterocycles. The Hall–Kier alpha value is -1.45. The van der Waals surface area contributed by atoms with Gasteiger partial charge in [0.05, 0.1) is 16.1 Å². The Morgan fingerprint density at radius 1 is 1.20 bits per heavy atom. The molecule has 0 radical (unpaired) electrons. The molecule has 0 spiro atoms. The molecule has 5 heteroatoms. The number of carbonyl (C=O) groups excluding carboxylic acids is 1. The predicted molar refractivity (Wildman–Crippen MR) is 80.3 cm³/mol. The Kier molecular flexibility index (Phi) is 3.48. The molecule has 1 amide bonds. The molecular weight excluding hydrogens is 295 g/mol. The van der Waals surface area contributed by atoms with Crippen molar-refractivity contribution < 1.29 is 4.79 Å². The van der Waals surface area contributed by atoms with E-state index >= 15 is 0 Å². The molecule has 1 aromatic carbocycles. The van der Waals surface area contributed by atoms with Gasteiger partial charge in [0, 0.05) is 30.5 Å². The second kappa shape index (κ2) is 5.15. The molecular formula is C15H14Cl2N2O. The van der Waals surface area contributed by atoms with E-state index < -0.39 is 0 Å². The molecule has 3 nitrogen and oxygen atoms in total. The molecule has 104 valence electrons. The van der Waals surface area contributed by atoms with Gasteiger partial charge in [0.2, 0.25) is 0 Å². The highest BCUT2D eigenvalue weighted by Gasteiger charge is 2.28. The van der Waals surface area contributed by atoms with E-state index in [9.17, 15) is 4.79 Å². The molecule has 0 bridgehead atoms. The summed E-state index contributed by atoms with van der Waals surface area (Å²) in [6, 6.07) is 9.14. The molecule has 1 aliphatic heterocycles. The standard InChI is InChI=1S/C15H14Cl2N2O/c1-10-14-3-2-6-18(14)7-8-19(10)15(20)11-4-5-12(16)13(17)9-11/h2-6,9-10H,7-8H2,1H3. The number of fused-ring (bicyclic) bond motifs is 1. The van der Waals surface area contributed by atoms with E-state index in [1.807, 2.05) is 24.1 Å². The minimum atomic E-state index is -0.0106. The highest BCUT2D eigenvalue weighted by Crippen LogP contribution is 2.28. The van der Waals surface area contributed by atoms with Crippen LogP contribution in [-0.4, -0.2) is 21.9 Å². The highest BCUT2D eigenvalue weighted by molar-refractivity contribution is 6.42. The van der Waals surface area contributed by atoms with Crippen molar-refractivity contribution in [3.8, 4) is 0 Å². The molecule has 0 saturated heterocycles. The summed E-state index contributed by atoms with van der Waals surface area (Å²) in [5, 5.41) is 0.870. The van der Waals surface area contributed by atoms with Crippen molar-refractivity contribution in [2.45, 2.75) is 19.5 Å². The zero-order valence-corrected chi connectivity index (χ0v) is 12.5. The maximum atomic E-state index is 12.6. The van der Waals surface area contributed by atoms with E-state index in [1.54, 1.807) is 18.2 Å². The van der Waals surface area contributed by atoms with Gasteiger partial charge in [-0.2, -0.15) is 0 Å². The first-order valence-electron chi connectivity index (χ1n) is 6.49. The fraction of sp³-hybridized carbons (Fsp3) is 0.267. The van der Waals surface area contributed by atoms with Crippen molar-refractivity contribution in [3.63, 3.8) is 0 Å². The number of hydrogen-bond acceptors (Lipinski definition) is 1. The molecule has 3 rings (SSSR count). The highest BCUT2D eigenvalue weighted by atomic mass is 35.5. The van der Waals surface area contributed by atoms with Crippen molar-refractivity contribution in [1.82, 2.24) is 9.47 Å². The van der Waals surface area contributed by atoms with Gasteiger partial charge in [-0.3, -0.25) is 4.79 Å². The first-order valence-corrected chi connectivity index (χ1v) is 7.24. The topological polar surface area (TPSA) is 25.2 Å². The lowest BCUT2D eigenvalue weighted by Crippen LogP contribution is -2.40. The zero-order chi connectivity index (χ0) is 14.3. The minimum absolute atomic E-state index is 0.0106. The minimum Gasteiger partial charge on any atom is -0.348 e. The number of benzene rings is 1. The van der Waals surface area contributed by atoms with Crippen LogP contribution in [0.25, 0.3) is 0 Å². The van der Waals surface area contributed by atoms with E-state index in [0.717, 1.165) is 12.2 Å². The molecule has 1 unspecified atom stereocenters. The first-order chi connectivity index (χ1) is 9.58. The normalized spacial score (nSPS) is 17.9. The predicted octanol–water partition coefficient (Wildman–Crippen LogP) is 4.01. The lowest BCUT2D eigenvalue weighted by atomic mass is 10.1. The molecule has 1 aliphatic rings. The van der Waals surface area contributed by atoms with Crippen molar-refractivity contribution in [3.05, 3.63) is 57.8 Å². The van der Waals surface area contributed by atoms with Gasteiger partial charge in [0.15, 0.2) is 0 Å². The van der Waals surface area contributed by atoms with E-state index in [0.29, 0.717) is 22.2 Å². The van der Waals surface area contributed by atoms with Crippen LogP contribution in [0.2, 0.25) is 10.0 Å². The van der Waals surface area contributed by atoms with Gasteiger partial charge in [0.1, 0.15) is 0 Å². The summed E-state index contributed by atoms with van der Waals surface area (Å²) < 4.78 is 2.18. The van der Waals surface area contributed by atoms with Crippen molar-refractivity contribution in [2.75, 3.05) is 6.54 Å². The molecule has 0 saturated carbocycles. The molecule has 20 heavy (non-hydrogen) atoms. The van der Waals surface area contributed by atoms with Gasteiger partial charge in [-0.25, -0.2) is 0 Å². The first kappa shape index (κ1) is 13.5. The maximum absolute atomic E-state index is 12.6. The van der Waals surface area contributed by atoms with Gasteiger partial charge < -0.3 is 9.47 Å². The quantitative estimate of drug-likeness (QED) is 0.781. The van der Waals surface area contributed by atoms with Crippen molar-refractivity contribution in [1.29, 1.82) is 0 Å². The average Bonchev–Trinajstić information content (AvgIpc) is 2.91. The number of nitrogens with zero attached hydrogens (tertiary/aromatic N) is 2. The van der Waals surface area contributed by atoms with Gasteiger partial charge >= 0.3 is 0 Å². The third kappa shape index (κ3) is 2.21. The third-order valence-electron chi connectivity index (χ3n) is 3.77. The van der Waals surface area contributed by atoms with Crippen LogP contribution in [0.15, 0.2) is 36.5 Å². The lowest BCUT2D eigenvalue weighted by Gasteiger charge is -2.35. The van der Waals surface area contributed by atoms with Gasteiger partial charge in [-0.05, 0) is 37.3 Å². The summed E-state index contributed by atoms with van der Waals surface area (Å²) in [5.74, 6) is -0.0106. The van der Waals surface area contributed by atoms with Gasteiger partial charge in [-0.1, -0.05) is 23.2 Å². The van der Waals surface area contributed by atoms with Crippen LogP contribution in [0.5, 0.6) is 0 Å². The van der Waals surface area contributed by atoms with Gasteiger partial charge in [-0.15, -0.1) is 0 Å².